The highest BCUT2D eigenvalue weighted by atomic mass is 16.6. The molecule has 1 aliphatic rings. The second-order valence-electron chi connectivity index (χ2n) is 7.58. The Kier molecular flexibility index (Phi) is 7.55. The number of nitrogens with one attached hydrogen (secondary N) is 2. The normalized spacial score (nSPS) is 14.2. The van der Waals surface area contributed by atoms with E-state index in [-0.39, 0.29) is 11.4 Å². The van der Waals surface area contributed by atoms with Crippen LogP contribution in [0.1, 0.15) is 12.0 Å². The molecule has 31 heavy (non-hydrogen) atoms. The fraction of sp³-hybridized carbons (Fsp3) is 0.364. The summed E-state index contributed by atoms with van der Waals surface area (Å²) in [5.41, 5.74) is 2.45. The lowest BCUT2D eigenvalue weighted by molar-refractivity contribution is -0.384. The van der Waals surface area contributed by atoms with Crippen molar-refractivity contribution in [2.45, 2.75) is 12.8 Å². The molecule has 164 valence electrons. The number of hydrogen-bond donors (Lipinski definition) is 2. The van der Waals surface area contributed by atoms with Gasteiger partial charge in [0.2, 0.25) is 0 Å². The van der Waals surface area contributed by atoms with Crippen molar-refractivity contribution in [3.05, 3.63) is 64.2 Å². The highest BCUT2D eigenvalue weighted by Gasteiger charge is 2.15. The minimum Gasteiger partial charge on any atom is -0.369 e. The summed E-state index contributed by atoms with van der Waals surface area (Å²) in [5, 5.41) is 15.7. The Morgan fingerprint density at radius 3 is 2.42 bits per heavy atom. The van der Waals surface area contributed by atoms with Crippen LogP contribution in [0.2, 0.25) is 0 Å². The van der Waals surface area contributed by atoms with Gasteiger partial charge in [-0.3, -0.25) is 19.7 Å². The zero-order valence-corrected chi connectivity index (χ0v) is 17.5. The molecule has 1 fully saturated rings. The van der Waals surface area contributed by atoms with Crippen LogP contribution < -0.4 is 15.5 Å². The second-order valence-corrected chi connectivity index (χ2v) is 7.58. The van der Waals surface area contributed by atoms with E-state index < -0.39 is 16.7 Å². The smallest absolute Gasteiger partial charge is 0.313 e. The molecular formula is C22H27N5O4. The largest absolute Gasteiger partial charge is 0.369 e. The number of amides is 2. The summed E-state index contributed by atoms with van der Waals surface area (Å²) < 4.78 is 0. The van der Waals surface area contributed by atoms with Crippen molar-refractivity contribution in [3.63, 3.8) is 0 Å². The summed E-state index contributed by atoms with van der Waals surface area (Å²) in [4.78, 5) is 38.8. The Morgan fingerprint density at radius 1 is 1.03 bits per heavy atom. The summed E-state index contributed by atoms with van der Waals surface area (Å²) in [7, 11) is 2.14. The first kappa shape index (κ1) is 22.2. The van der Waals surface area contributed by atoms with Crippen molar-refractivity contribution in [1.82, 2.24) is 10.2 Å². The predicted octanol–water partition coefficient (Wildman–Crippen LogP) is 2.03. The van der Waals surface area contributed by atoms with E-state index in [4.69, 9.17) is 0 Å². The molecule has 0 aliphatic carbocycles. The molecule has 1 heterocycles. The minimum atomic E-state index is -0.850. The summed E-state index contributed by atoms with van der Waals surface area (Å²) >= 11 is 0. The molecule has 2 amide bonds. The number of hydrogen-bond acceptors (Lipinski definition) is 6. The lowest BCUT2D eigenvalue weighted by Crippen LogP contribution is -2.44. The first-order chi connectivity index (χ1) is 14.9. The average molecular weight is 425 g/mol. The van der Waals surface area contributed by atoms with Crippen LogP contribution in [0.4, 0.5) is 17.1 Å². The zero-order chi connectivity index (χ0) is 22.2. The number of non-ortho nitro benzene ring substituents is 1. The van der Waals surface area contributed by atoms with Gasteiger partial charge >= 0.3 is 11.8 Å². The van der Waals surface area contributed by atoms with Crippen LogP contribution in [0.5, 0.6) is 0 Å². The molecule has 2 N–H and O–H groups in total. The van der Waals surface area contributed by atoms with Gasteiger partial charge in [-0.05, 0) is 43.7 Å². The number of nitrogens with zero attached hydrogens (tertiary/aromatic N) is 3. The molecule has 0 atom stereocenters. The number of nitro groups is 1. The van der Waals surface area contributed by atoms with Gasteiger partial charge in [-0.2, -0.15) is 0 Å². The number of aryl methyl sites for hydroxylation is 1. The molecule has 3 rings (SSSR count). The lowest BCUT2D eigenvalue weighted by Gasteiger charge is -2.34. The standard InChI is InChI=1S/C22H27N5O4/c1-25-12-14-26(15-13-25)19-9-7-17(8-10-19)4-3-11-23-21(28)22(29)24-18-5-2-6-20(16-18)27(30)31/h2,5-10,16H,3-4,11-15H2,1H3,(H,23,28)(H,24,29). The van der Waals surface area contributed by atoms with Gasteiger partial charge in [0.25, 0.3) is 5.69 Å². The maximum absolute atomic E-state index is 12.0. The first-order valence-corrected chi connectivity index (χ1v) is 10.3. The van der Waals surface area contributed by atoms with E-state index in [1.54, 1.807) is 0 Å². The predicted molar refractivity (Wildman–Crippen MR) is 119 cm³/mol. The number of benzene rings is 2. The van der Waals surface area contributed by atoms with Gasteiger partial charge in [-0.25, -0.2) is 0 Å². The molecule has 0 aromatic heterocycles. The number of carbonyl (C=O) groups excluding carboxylic acids is 2. The highest BCUT2D eigenvalue weighted by molar-refractivity contribution is 6.39. The molecule has 0 radical (unpaired) electrons. The summed E-state index contributed by atoms with van der Waals surface area (Å²) in [5.74, 6) is -1.62. The molecule has 0 unspecified atom stereocenters. The number of rotatable bonds is 7. The van der Waals surface area contributed by atoms with Gasteiger partial charge in [-0.15, -0.1) is 0 Å². The van der Waals surface area contributed by atoms with Crippen molar-refractivity contribution in [2.75, 3.05) is 50.0 Å². The van der Waals surface area contributed by atoms with Crippen molar-refractivity contribution in [2.24, 2.45) is 0 Å². The van der Waals surface area contributed by atoms with Crippen LogP contribution in [-0.2, 0) is 16.0 Å². The van der Waals surface area contributed by atoms with Gasteiger partial charge in [0.05, 0.1) is 4.92 Å². The van der Waals surface area contributed by atoms with E-state index in [1.807, 2.05) is 0 Å². The van der Waals surface area contributed by atoms with Crippen LogP contribution in [-0.4, -0.2) is 61.4 Å². The van der Waals surface area contributed by atoms with Crippen LogP contribution in [0.25, 0.3) is 0 Å². The number of piperazine rings is 1. The summed E-state index contributed by atoms with van der Waals surface area (Å²) in [6.45, 7) is 4.55. The average Bonchev–Trinajstić information content (AvgIpc) is 2.77. The third kappa shape index (κ3) is 6.51. The summed E-state index contributed by atoms with van der Waals surface area (Å²) in [6.07, 6.45) is 1.49. The number of carbonyl (C=O) groups is 2. The van der Waals surface area contributed by atoms with Crippen molar-refractivity contribution >= 4 is 28.9 Å². The third-order valence-electron chi connectivity index (χ3n) is 5.25. The maximum Gasteiger partial charge on any atom is 0.313 e. The van der Waals surface area contributed by atoms with Gasteiger partial charge in [0, 0.05) is 56.2 Å². The molecule has 9 nitrogen and oxygen atoms in total. The van der Waals surface area contributed by atoms with E-state index in [9.17, 15) is 19.7 Å². The van der Waals surface area contributed by atoms with Crippen LogP contribution in [0.3, 0.4) is 0 Å². The number of anilines is 2. The SMILES string of the molecule is CN1CCN(c2ccc(CCCNC(=O)C(=O)Nc3cccc([N+](=O)[O-])c3)cc2)CC1. The van der Waals surface area contributed by atoms with E-state index in [0.717, 1.165) is 32.6 Å². The number of nitro benzene ring substituents is 1. The molecule has 9 heteroatoms. The van der Waals surface area contributed by atoms with E-state index in [1.165, 1.54) is 35.5 Å². The molecule has 0 spiro atoms. The van der Waals surface area contributed by atoms with Crippen molar-refractivity contribution < 1.29 is 14.5 Å². The molecule has 0 saturated carbocycles. The molecule has 0 bridgehead atoms. The monoisotopic (exact) mass is 425 g/mol. The van der Waals surface area contributed by atoms with Crippen molar-refractivity contribution in [1.29, 1.82) is 0 Å². The van der Waals surface area contributed by atoms with Crippen LogP contribution in [0, 0.1) is 10.1 Å². The molecular weight excluding hydrogens is 398 g/mol. The summed E-state index contributed by atoms with van der Waals surface area (Å²) in [6, 6.07) is 13.9. The topological polar surface area (TPSA) is 108 Å². The first-order valence-electron chi connectivity index (χ1n) is 10.3. The molecule has 1 aliphatic heterocycles. The van der Waals surface area contributed by atoms with Crippen molar-refractivity contribution in [3.8, 4) is 0 Å². The van der Waals surface area contributed by atoms with Gasteiger partial charge < -0.3 is 20.4 Å². The quantitative estimate of drug-likeness (QED) is 0.304. The Hall–Kier alpha value is -3.46. The lowest BCUT2D eigenvalue weighted by atomic mass is 10.1. The van der Waals surface area contributed by atoms with E-state index >= 15 is 0 Å². The Balaban J connectivity index is 1.39. The van der Waals surface area contributed by atoms with Gasteiger partial charge in [-0.1, -0.05) is 18.2 Å². The highest BCUT2D eigenvalue weighted by Crippen LogP contribution is 2.18. The number of likely N-dealkylation sites (N-methyl/N-ethyl adjacent to an activating group) is 1. The third-order valence-corrected chi connectivity index (χ3v) is 5.25. The molecule has 2 aromatic rings. The van der Waals surface area contributed by atoms with Crippen LogP contribution in [0.15, 0.2) is 48.5 Å². The molecule has 1 saturated heterocycles. The fourth-order valence-electron chi connectivity index (χ4n) is 3.40. The Morgan fingerprint density at radius 2 is 1.74 bits per heavy atom. The fourth-order valence-corrected chi connectivity index (χ4v) is 3.40. The minimum absolute atomic E-state index is 0.156. The Labute approximate surface area is 181 Å². The molecule has 2 aromatic carbocycles. The van der Waals surface area contributed by atoms with E-state index in [2.05, 4.69) is 51.7 Å². The Bertz CT molecular complexity index is 924. The zero-order valence-electron chi connectivity index (χ0n) is 17.5. The second kappa shape index (κ2) is 10.5. The van der Waals surface area contributed by atoms with Gasteiger partial charge in [0.1, 0.15) is 0 Å². The van der Waals surface area contributed by atoms with Gasteiger partial charge in [0.15, 0.2) is 0 Å². The maximum atomic E-state index is 12.0. The van der Waals surface area contributed by atoms with Crippen LogP contribution >= 0.6 is 0 Å². The van der Waals surface area contributed by atoms with E-state index in [0.29, 0.717) is 13.0 Å².